The van der Waals surface area contributed by atoms with Crippen LogP contribution in [-0.2, 0) is 4.74 Å². The van der Waals surface area contributed by atoms with E-state index < -0.39 is 0 Å². The second-order valence-electron chi connectivity index (χ2n) is 5.82. The van der Waals surface area contributed by atoms with Gasteiger partial charge in [-0.25, -0.2) is 0 Å². The molecule has 0 aromatic heterocycles. The summed E-state index contributed by atoms with van der Waals surface area (Å²) >= 11 is 0. The summed E-state index contributed by atoms with van der Waals surface area (Å²) in [6, 6.07) is 8.50. The van der Waals surface area contributed by atoms with Crippen molar-refractivity contribution < 1.29 is 9.47 Å². The zero-order chi connectivity index (χ0) is 13.8. The summed E-state index contributed by atoms with van der Waals surface area (Å²) < 4.78 is 11.4. The molecule has 1 heterocycles. The predicted octanol–water partition coefficient (Wildman–Crippen LogP) is 2.69. The molecule has 1 aromatic rings. The average molecular weight is 276 g/mol. The lowest BCUT2D eigenvalue weighted by Crippen LogP contribution is -2.28. The first kappa shape index (κ1) is 13.9. The maximum atomic E-state index is 5.76. The Morgan fingerprint density at radius 2 is 2.05 bits per heavy atom. The molecule has 1 aromatic carbocycles. The third kappa shape index (κ3) is 3.72. The molecule has 1 aliphatic carbocycles. The maximum Gasteiger partial charge on any atom is 0.119 e. The normalized spacial score (nSPS) is 23.8. The highest BCUT2D eigenvalue weighted by atomic mass is 16.5. The molecule has 4 heteroatoms. The zero-order valence-corrected chi connectivity index (χ0v) is 11.9. The standard InChI is InChI=1S/C16H24N2O2/c17-18-16(10-9-13-2-1-11-19-13)12-3-5-14(6-4-12)20-15-7-8-15/h3-6,13,15-16,18H,1-2,7-11,17H2. The van der Waals surface area contributed by atoms with Crippen molar-refractivity contribution in [3.63, 3.8) is 0 Å². The van der Waals surface area contributed by atoms with Crippen molar-refractivity contribution in [3.8, 4) is 5.75 Å². The molecule has 2 unspecified atom stereocenters. The largest absolute Gasteiger partial charge is 0.490 e. The Hall–Kier alpha value is -1.10. The van der Waals surface area contributed by atoms with Crippen molar-refractivity contribution in [2.45, 2.75) is 56.8 Å². The number of benzene rings is 1. The van der Waals surface area contributed by atoms with Crippen LogP contribution >= 0.6 is 0 Å². The van der Waals surface area contributed by atoms with Gasteiger partial charge in [0.1, 0.15) is 5.75 Å². The predicted molar refractivity (Wildman–Crippen MR) is 78.4 cm³/mol. The highest BCUT2D eigenvalue weighted by Crippen LogP contribution is 2.28. The Labute approximate surface area is 120 Å². The van der Waals surface area contributed by atoms with E-state index in [-0.39, 0.29) is 6.04 Å². The molecule has 2 atom stereocenters. The lowest BCUT2D eigenvalue weighted by atomic mass is 10.00. The number of rotatable bonds is 7. The fraction of sp³-hybridized carbons (Fsp3) is 0.625. The first-order chi connectivity index (χ1) is 9.85. The van der Waals surface area contributed by atoms with Gasteiger partial charge >= 0.3 is 0 Å². The van der Waals surface area contributed by atoms with E-state index in [4.69, 9.17) is 15.3 Å². The summed E-state index contributed by atoms with van der Waals surface area (Å²) in [6.45, 7) is 0.915. The molecule has 3 N–H and O–H groups in total. The molecule has 110 valence electrons. The molecule has 0 spiro atoms. The molecule has 1 saturated heterocycles. The lowest BCUT2D eigenvalue weighted by molar-refractivity contribution is 0.0996. The molecular weight excluding hydrogens is 252 g/mol. The molecule has 2 aliphatic rings. The topological polar surface area (TPSA) is 56.5 Å². The van der Waals surface area contributed by atoms with Crippen LogP contribution in [0.2, 0.25) is 0 Å². The van der Waals surface area contributed by atoms with Crippen LogP contribution in [-0.4, -0.2) is 18.8 Å². The number of hydrogen-bond donors (Lipinski definition) is 2. The highest BCUT2D eigenvalue weighted by Gasteiger charge is 2.23. The SMILES string of the molecule is NNC(CCC1CCCO1)c1ccc(OC2CC2)cc1. The van der Waals surface area contributed by atoms with E-state index >= 15 is 0 Å². The monoisotopic (exact) mass is 276 g/mol. The highest BCUT2D eigenvalue weighted by molar-refractivity contribution is 5.29. The van der Waals surface area contributed by atoms with Crippen LogP contribution in [0.5, 0.6) is 5.75 Å². The van der Waals surface area contributed by atoms with Gasteiger partial charge in [-0.15, -0.1) is 0 Å². The molecule has 1 saturated carbocycles. The van der Waals surface area contributed by atoms with Gasteiger partial charge in [0, 0.05) is 12.6 Å². The number of nitrogens with two attached hydrogens (primary N) is 1. The van der Waals surface area contributed by atoms with Gasteiger partial charge < -0.3 is 9.47 Å². The summed E-state index contributed by atoms with van der Waals surface area (Å²) in [5, 5.41) is 0. The summed E-state index contributed by atoms with van der Waals surface area (Å²) in [6.07, 6.45) is 7.70. The second kappa shape index (κ2) is 6.57. The number of hydrazine groups is 1. The van der Waals surface area contributed by atoms with Crippen molar-refractivity contribution >= 4 is 0 Å². The lowest BCUT2D eigenvalue weighted by Gasteiger charge is -2.18. The number of ether oxygens (including phenoxy) is 2. The van der Waals surface area contributed by atoms with E-state index in [1.54, 1.807) is 0 Å². The van der Waals surface area contributed by atoms with Crippen molar-refractivity contribution in [3.05, 3.63) is 29.8 Å². The van der Waals surface area contributed by atoms with Crippen LogP contribution in [0.15, 0.2) is 24.3 Å². The molecule has 20 heavy (non-hydrogen) atoms. The Morgan fingerprint density at radius 3 is 2.65 bits per heavy atom. The quantitative estimate of drug-likeness (QED) is 0.594. The fourth-order valence-corrected chi connectivity index (χ4v) is 2.73. The van der Waals surface area contributed by atoms with Gasteiger partial charge in [0.05, 0.1) is 12.2 Å². The molecule has 1 aliphatic heterocycles. The molecule has 0 bridgehead atoms. The van der Waals surface area contributed by atoms with Crippen LogP contribution in [0.25, 0.3) is 0 Å². The van der Waals surface area contributed by atoms with E-state index in [1.807, 2.05) is 12.1 Å². The minimum atomic E-state index is 0.189. The van der Waals surface area contributed by atoms with E-state index in [2.05, 4.69) is 17.6 Å². The van der Waals surface area contributed by atoms with Crippen molar-refractivity contribution in [1.29, 1.82) is 0 Å². The Bertz CT molecular complexity index is 411. The van der Waals surface area contributed by atoms with Gasteiger partial charge in [0.15, 0.2) is 0 Å². The van der Waals surface area contributed by atoms with E-state index in [9.17, 15) is 0 Å². The summed E-state index contributed by atoms with van der Waals surface area (Å²) in [5.74, 6) is 6.66. The first-order valence-electron chi connectivity index (χ1n) is 7.69. The molecule has 4 nitrogen and oxygen atoms in total. The first-order valence-corrected chi connectivity index (χ1v) is 7.69. The van der Waals surface area contributed by atoms with E-state index in [1.165, 1.54) is 31.2 Å². The third-order valence-electron chi connectivity index (χ3n) is 4.11. The molecule has 0 amide bonds. The molecule has 3 rings (SSSR count). The number of nitrogens with one attached hydrogen (secondary N) is 1. The minimum Gasteiger partial charge on any atom is -0.490 e. The van der Waals surface area contributed by atoms with Gasteiger partial charge in [-0.3, -0.25) is 11.3 Å². The average Bonchev–Trinajstić information content (AvgIpc) is 3.14. The molecular formula is C16H24N2O2. The van der Waals surface area contributed by atoms with Crippen LogP contribution < -0.4 is 16.0 Å². The second-order valence-corrected chi connectivity index (χ2v) is 5.82. The Kier molecular flexibility index (Phi) is 4.55. The van der Waals surface area contributed by atoms with Gasteiger partial charge in [-0.2, -0.15) is 0 Å². The van der Waals surface area contributed by atoms with Crippen LogP contribution in [0.1, 0.15) is 50.1 Å². The maximum absolute atomic E-state index is 5.76. The fourth-order valence-electron chi connectivity index (χ4n) is 2.73. The number of hydrogen-bond acceptors (Lipinski definition) is 4. The van der Waals surface area contributed by atoms with E-state index in [0.29, 0.717) is 12.2 Å². The van der Waals surface area contributed by atoms with Crippen LogP contribution in [0.4, 0.5) is 0 Å². The minimum absolute atomic E-state index is 0.189. The van der Waals surface area contributed by atoms with Crippen molar-refractivity contribution in [2.24, 2.45) is 5.84 Å². The van der Waals surface area contributed by atoms with Crippen LogP contribution in [0, 0.1) is 0 Å². The van der Waals surface area contributed by atoms with Crippen molar-refractivity contribution in [2.75, 3.05) is 6.61 Å². The smallest absolute Gasteiger partial charge is 0.119 e. The Morgan fingerprint density at radius 1 is 1.25 bits per heavy atom. The Balaban J connectivity index is 1.53. The van der Waals surface area contributed by atoms with Crippen LogP contribution in [0.3, 0.4) is 0 Å². The van der Waals surface area contributed by atoms with E-state index in [0.717, 1.165) is 25.2 Å². The van der Waals surface area contributed by atoms with Gasteiger partial charge in [0.2, 0.25) is 0 Å². The molecule has 2 fully saturated rings. The third-order valence-corrected chi connectivity index (χ3v) is 4.11. The summed E-state index contributed by atoms with van der Waals surface area (Å²) in [5.41, 5.74) is 4.13. The van der Waals surface area contributed by atoms with Crippen molar-refractivity contribution in [1.82, 2.24) is 5.43 Å². The summed E-state index contributed by atoms with van der Waals surface area (Å²) in [7, 11) is 0. The van der Waals surface area contributed by atoms with Gasteiger partial charge in [-0.05, 0) is 56.2 Å². The van der Waals surface area contributed by atoms with Gasteiger partial charge in [0.25, 0.3) is 0 Å². The molecule has 0 radical (unpaired) electrons. The summed E-state index contributed by atoms with van der Waals surface area (Å²) in [4.78, 5) is 0. The zero-order valence-electron chi connectivity index (χ0n) is 11.9. The van der Waals surface area contributed by atoms with Gasteiger partial charge in [-0.1, -0.05) is 12.1 Å².